The molecule has 0 amide bonds. The van der Waals surface area contributed by atoms with Crippen molar-refractivity contribution in [2.75, 3.05) is 0 Å². The average Bonchev–Trinajstić information content (AvgIpc) is 2.93. The smallest absolute Gasteiger partial charge is 0.115 e. The molecule has 106 valence electrons. The Kier molecular flexibility index (Phi) is 3.69. The summed E-state index contributed by atoms with van der Waals surface area (Å²) in [6, 6.07) is 7.06. The Morgan fingerprint density at radius 2 is 1.85 bits per heavy atom. The van der Waals surface area contributed by atoms with E-state index in [0.717, 1.165) is 17.1 Å². The molecule has 0 spiro atoms. The Morgan fingerprint density at radius 1 is 1.15 bits per heavy atom. The summed E-state index contributed by atoms with van der Waals surface area (Å²) in [6.07, 6.45) is 6.19. The molecule has 0 unspecified atom stereocenters. The maximum absolute atomic E-state index is 9.41. The number of hydrogen-bond acceptors (Lipinski definition) is 4. The van der Waals surface area contributed by atoms with Crippen molar-refractivity contribution in [3.05, 3.63) is 35.7 Å². The van der Waals surface area contributed by atoms with Crippen LogP contribution in [0.4, 0.5) is 0 Å². The number of benzene rings is 1. The van der Waals surface area contributed by atoms with Crippen molar-refractivity contribution in [2.24, 2.45) is 5.73 Å². The van der Waals surface area contributed by atoms with Crippen LogP contribution < -0.4 is 5.73 Å². The van der Waals surface area contributed by atoms with Crippen LogP contribution in [0.5, 0.6) is 5.75 Å². The predicted molar refractivity (Wildman–Crippen MR) is 76.7 cm³/mol. The molecule has 1 aliphatic rings. The molecule has 1 aliphatic carbocycles. The van der Waals surface area contributed by atoms with E-state index in [1.165, 1.54) is 32.1 Å². The summed E-state index contributed by atoms with van der Waals surface area (Å²) in [5, 5.41) is 17.9. The molecule has 1 fully saturated rings. The molecule has 1 aromatic carbocycles. The fourth-order valence-corrected chi connectivity index (χ4v) is 3.03. The molecule has 5 heteroatoms. The Hall–Kier alpha value is -1.88. The van der Waals surface area contributed by atoms with Gasteiger partial charge in [0.15, 0.2) is 0 Å². The highest BCUT2D eigenvalue weighted by molar-refractivity contribution is 5.38. The summed E-state index contributed by atoms with van der Waals surface area (Å²) in [6.45, 7) is 0.421. The van der Waals surface area contributed by atoms with Crippen LogP contribution in [0.2, 0.25) is 0 Å². The maximum atomic E-state index is 9.41. The Balaban J connectivity index is 2.02. The highest BCUT2D eigenvalue weighted by Gasteiger charge is 2.24. The number of hydrogen-bond donors (Lipinski definition) is 2. The van der Waals surface area contributed by atoms with Crippen molar-refractivity contribution >= 4 is 0 Å². The zero-order valence-corrected chi connectivity index (χ0v) is 11.5. The van der Waals surface area contributed by atoms with Crippen LogP contribution in [0.15, 0.2) is 24.3 Å². The van der Waals surface area contributed by atoms with Crippen molar-refractivity contribution in [1.29, 1.82) is 0 Å². The lowest BCUT2D eigenvalue weighted by atomic mass is 9.86. The van der Waals surface area contributed by atoms with E-state index in [0.29, 0.717) is 12.5 Å². The summed E-state index contributed by atoms with van der Waals surface area (Å²) < 4.78 is 1.89. The van der Waals surface area contributed by atoms with Crippen LogP contribution in [-0.2, 0) is 6.54 Å². The number of nitrogens with two attached hydrogens (primary N) is 1. The van der Waals surface area contributed by atoms with Gasteiger partial charge in [0.25, 0.3) is 0 Å². The minimum Gasteiger partial charge on any atom is -0.508 e. The molecule has 1 aromatic heterocycles. The first-order valence-electron chi connectivity index (χ1n) is 7.23. The van der Waals surface area contributed by atoms with Crippen LogP contribution in [0.25, 0.3) is 5.69 Å². The lowest BCUT2D eigenvalue weighted by molar-refractivity contribution is 0.427. The van der Waals surface area contributed by atoms with E-state index in [1.807, 2.05) is 16.8 Å². The van der Waals surface area contributed by atoms with E-state index < -0.39 is 0 Å². The molecule has 3 N–H and O–H groups in total. The van der Waals surface area contributed by atoms with Gasteiger partial charge in [0.2, 0.25) is 0 Å². The van der Waals surface area contributed by atoms with E-state index in [-0.39, 0.29) is 5.75 Å². The van der Waals surface area contributed by atoms with Crippen LogP contribution >= 0.6 is 0 Å². The second kappa shape index (κ2) is 5.63. The normalized spacial score (nSPS) is 16.4. The second-order valence-corrected chi connectivity index (χ2v) is 5.39. The summed E-state index contributed by atoms with van der Waals surface area (Å²) >= 11 is 0. The summed E-state index contributed by atoms with van der Waals surface area (Å²) in [7, 11) is 0. The predicted octanol–water partition coefficient (Wildman–Crippen LogP) is 2.48. The van der Waals surface area contributed by atoms with E-state index in [4.69, 9.17) is 5.73 Å². The van der Waals surface area contributed by atoms with Crippen LogP contribution in [0, 0.1) is 0 Å². The highest BCUT2D eigenvalue weighted by Crippen LogP contribution is 2.34. The minimum absolute atomic E-state index is 0.257. The monoisotopic (exact) mass is 272 g/mol. The minimum atomic E-state index is 0.257. The van der Waals surface area contributed by atoms with Gasteiger partial charge < -0.3 is 10.8 Å². The number of nitrogens with zero attached hydrogens (tertiary/aromatic N) is 3. The fourth-order valence-electron chi connectivity index (χ4n) is 3.03. The van der Waals surface area contributed by atoms with Gasteiger partial charge >= 0.3 is 0 Å². The molecule has 3 rings (SSSR count). The topological polar surface area (TPSA) is 77.0 Å². The molecule has 2 aromatic rings. The third kappa shape index (κ3) is 2.41. The van der Waals surface area contributed by atoms with Crippen molar-refractivity contribution in [3.63, 3.8) is 0 Å². The maximum Gasteiger partial charge on any atom is 0.115 e. The van der Waals surface area contributed by atoms with Crippen LogP contribution in [0.1, 0.15) is 49.4 Å². The Bertz CT molecular complexity index is 570. The van der Waals surface area contributed by atoms with Gasteiger partial charge in [-0.25, -0.2) is 4.68 Å². The van der Waals surface area contributed by atoms with Gasteiger partial charge in [0.05, 0.1) is 11.4 Å². The molecule has 5 nitrogen and oxygen atoms in total. The van der Waals surface area contributed by atoms with Gasteiger partial charge in [0, 0.05) is 12.5 Å². The van der Waals surface area contributed by atoms with Gasteiger partial charge in [0.1, 0.15) is 11.4 Å². The first-order valence-corrected chi connectivity index (χ1v) is 7.23. The zero-order chi connectivity index (χ0) is 13.9. The van der Waals surface area contributed by atoms with E-state index >= 15 is 0 Å². The van der Waals surface area contributed by atoms with Gasteiger partial charge in [-0.2, -0.15) is 0 Å². The van der Waals surface area contributed by atoms with Crippen molar-refractivity contribution < 1.29 is 5.11 Å². The van der Waals surface area contributed by atoms with Gasteiger partial charge in [-0.15, -0.1) is 5.10 Å². The third-order valence-corrected chi connectivity index (χ3v) is 4.06. The van der Waals surface area contributed by atoms with Gasteiger partial charge in [-0.1, -0.05) is 24.5 Å². The number of aromatic nitrogens is 3. The molecule has 0 radical (unpaired) electrons. The number of phenolic OH excluding ortho intramolecular Hbond substituents is 1. The number of phenols is 1. The van der Waals surface area contributed by atoms with E-state index in [1.54, 1.807) is 12.1 Å². The Labute approximate surface area is 118 Å². The molecule has 1 saturated carbocycles. The molecular weight excluding hydrogens is 252 g/mol. The fraction of sp³-hybridized carbons (Fsp3) is 0.467. The molecule has 0 atom stereocenters. The Morgan fingerprint density at radius 3 is 2.50 bits per heavy atom. The van der Waals surface area contributed by atoms with Gasteiger partial charge in [-0.3, -0.25) is 0 Å². The first kappa shape index (κ1) is 13.1. The van der Waals surface area contributed by atoms with Crippen molar-refractivity contribution in [2.45, 2.75) is 44.6 Å². The quantitative estimate of drug-likeness (QED) is 0.900. The molecule has 0 aliphatic heterocycles. The molecule has 0 bridgehead atoms. The van der Waals surface area contributed by atoms with E-state index in [9.17, 15) is 5.11 Å². The molecule has 20 heavy (non-hydrogen) atoms. The average molecular weight is 272 g/mol. The SMILES string of the molecule is NCc1nnn(-c2ccc(O)cc2)c1C1CCCCC1. The lowest BCUT2D eigenvalue weighted by Crippen LogP contribution is -2.14. The molecule has 1 heterocycles. The first-order chi connectivity index (χ1) is 9.79. The van der Waals surface area contributed by atoms with E-state index in [2.05, 4.69) is 10.3 Å². The number of aromatic hydroxyl groups is 1. The lowest BCUT2D eigenvalue weighted by Gasteiger charge is -2.23. The molecule has 0 saturated heterocycles. The van der Waals surface area contributed by atoms with Crippen molar-refractivity contribution in [1.82, 2.24) is 15.0 Å². The summed E-state index contributed by atoms with van der Waals surface area (Å²) in [5.41, 5.74) is 8.79. The summed E-state index contributed by atoms with van der Waals surface area (Å²) in [4.78, 5) is 0. The highest BCUT2D eigenvalue weighted by atomic mass is 16.3. The second-order valence-electron chi connectivity index (χ2n) is 5.39. The van der Waals surface area contributed by atoms with Crippen LogP contribution in [-0.4, -0.2) is 20.1 Å². The summed E-state index contributed by atoms with van der Waals surface area (Å²) in [5.74, 6) is 0.748. The largest absolute Gasteiger partial charge is 0.508 e. The number of rotatable bonds is 3. The van der Waals surface area contributed by atoms with Crippen molar-refractivity contribution in [3.8, 4) is 11.4 Å². The van der Waals surface area contributed by atoms with Crippen LogP contribution in [0.3, 0.4) is 0 Å². The van der Waals surface area contributed by atoms with Gasteiger partial charge in [-0.05, 0) is 37.1 Å². The standard InChI is InChI=1S/C15H20N4O/c16-10-14-15(11-4-2-1-3-5-11)19(18-17-14)12-6-8-13(20)9-7-12/h6-9,11,20H,1-5,10,16H2. The zero-order valence-electron chi connectivity index (χ0n) is 11.5. The molecular formula is C15H20N4O. The third-order valence-electron chi connectivity index (χ3n) is 4.06.